The van der Waals surface area contributed by atoms with E-state index in [1.165, 1.54) is 0 Å². The highest BCUT2D eigenvalue weighted by Crippen LogP contribution is 2.19. The molecular weight excluding hydrogens is 176 g/mol. The molecule has 0 radical (unpaired) electrons. The number of nitrogens with two attached hydrogens (primary N) is 1. The Morgan fingerprint density at radius 1 is 1.50 bits per heavy atom. The van der Waals surface area contributed by atoms with Crippen molar-refractivity contribution in [1.29, 1.82) is 0 Å². The molecule has 0 aliphatic carbocycles. The number of amidine groups is 1. The summed E-state index contributed by atoms with van der Waals surface area (Å²) in [7, 11) is 0. The minimum absolute atomic E-state index is 0.158. The van der Waals surface area contributed by atoms with Gasteiger partial charge in [0.1, 0.15) is 5.84 Å². The van der Waals surface area contributed by atoms with Gasteiger partial charge in [0.05, 0.1) is 6.61 Å². The maximum atomic E-state index is 8.74. The summed E-state index contributed by atoms with van der Waals surface area (Å²) in [5, 5.41) is 20.4. The monoisotopic (exact) mass is 192 g/mol. The van der Waals surface area contributed by atoms with Crippen molar-refractivity contribution in [2.24, 2.45) is 10.9 Å². The minimum atomic E-state index is 0.158. The number of hydrogen-bond acceptors (Lipinski definition) is 4. The number of aliphatic hydroxyl groups excluding tert-OH is 1. The topological polar surface area (TPSA) is 78.8 Å². The van der Waals surface area contributed by atoms with Crippen LogP contribution in [0, 0.1) is 0 Å². The third-order valence-corrected chi connectivity index (χ3v) is 2.59. The number of aliphatic hydroxyl groups is 1. The predicted octanol–water partition coefficient (Wildman–Crippen LogP) is 0.625. The number of nitrogens with zero attached hydrogens (tertiary/aromatic N) is 1. The van der Waals surface area contributed by atoms with E-state index in [9.17, 15) is 0 Å². The molecule has 0 aromatic carbocycles. The van der Waals surface area contributed by atoms with Crippen LogP contribution in [0.1, 0.15) is 20.3 Å². The van der Waals surface area contributed by atoms with Crippen LogP contribution in [0.5, 0.6) is 0 Å². The lowest BCUT2D eigenvalue weighted by atomic mass is 10.3. The molecule has 0 aliphatic rings. The van der Waals surface area contributed by atoms with Crippen LogP contribution in [0.3, 0.4) is 0 Å². The molecule has 0 rings (SSSR count). The zero-order chi connectivity index (χ0) is 9.56. The number of thioether (sulfide) groups is 1. The van der Waals surface area contributed by atoms with Crippen molar-refractivity contribution in [2.75, 3.05) is 6.61 Å². The maximum Gasteiger partial charge on any atom is 0.140 e. The number of rotatable bonds is 5. The summed E-state index contributed by atoms with van der Waals surface area (Å²) < 4.78 is 0. The molecule has 4 nitrogen and oxygen atoms in total. The Balaban J connectivity index is 3.66. The molecule has 2 unspecified atom stereocenters. The van der Waals surface area contributed by atoms with E-state index < -0.39 is 0 Å². The number of hydrogen-bond donors (Lipinski definition) is 3. The van der Waals surface area contributed by atoms with Gasteiger partial charge in [-0.25, -0.2) is 0 Å². The van der Waals surface area contributed by atoms with Crippen molar-refractivity contribution in [3.8, 4) is 0 Å². The van der Waals surface area contributed by atoms with Gasteiger partial charge in [-0.1, -0.05) is 19.0 Å². The van der Waals surface area contributed by atoms with E-state index in [0.29, 0.717) is 6.42 Å². The zero-order valence-corrected chi connectivity index (χ0v) is 8.21. The van der Waals surface area contributed by atoms with Crippen LogP contribution < -0.4 is 5.73 Å². The van der Waals surface area contributed by atoms with Crippen LogP contribution in [0.25, 0.3) is 0 Å². The van der Waals surface area contributed by atoms with Gasteiger partial charge in [-0.3, -0.25) is 0 Å². The smallest absolute Gasteiger partial charge is 0.140 e. The fourth-order valence-corrected chi connectivity index (χ4v) is 1.97. The highest BCUT2D eigenvalue weighted by atomic mass is 32.2. The Morgan fingerprint density at radius 3 is 2.50 bits per heavy atom. The second kappa shape index (κ2) is 6.14. The van der Waals surface area contributed by atoms with Crippen molar-refractivity contribution in [3.05, 3.63) is 0 Å². The first-order valence-corrected chi connectivity index (χ1v) is 4.77. The lowest BCUT2D eigenvalue weighted by Gasteiger charge is -2.13. The van der Waals surface area contributed by atoms with Crippen molar-refractivity contribution < 1.29 is 10.3 Å². The first kappa shape index (κ1) is 11.6. The first-order chi connectivity index (χ1) is 5.60. The first-order valence-electron chi connectivity index (χ1n) is 3.82. The van der Waals surface area contributed by atoms with Crippen molar-refractivity contribution in [1.82, 2.24) is 0 Å². The summed E-state index contributed by atoms with van der Waals surface area (Å²) in [6.07, 6.45) is 0.547. The average molecular weight is 192 g/mol. The van der Waals surface area contributed by atoms with Gasteiger partial charge in [0, 0.05) is 16.9 Å². The maximum absolute atomic E-state index is 8.74. The molecular formula is C7H16N2O2S. The molecule has 0 saturated carbocycles. The second-order valence-electron chi connectivity index (χ2n) is 2.74. The van der Waals surface area contributed by atoms with Crippen LogP contribution in [0.2, 0.25) is 0 Å². The van der Waals surface area contributed by atoms with Crippen LogP contribution in [0.4, 0.5) is 0 Å². The average Bonchev–Trinajstić information content (AvgIpc) is 2.03. The molecule has 0 aromatic rings. The normalized spacial score (nSPS) is 17.4. The fraction of sp³-hybridized carbons (Fsp3) is 0.857. The van der Waals surface area contributed by atoms with Gasteiger partial charge in [0.25, 0.3) is 0 Å². The van der Waals surface area contributed by atoms with E-state index in [2.05, 4.69) is 5.16 Å². The summed E-state index contributed by atoms with van der Waals surface area (Å²) >= 11 is 1.62. The van der Waals surface area contributed by atoms with Crippen LogP contribution in [-0.2, 0) is 0 Å². The Kier molecular flexibility index (Phi) is 5.92. The van der Waals surface area contributed by atoms with Crippen molar-refractivity contribution >= 4 is 17.6 Å². The van der Waals surface area contributed by atoms with Crippen LogP contribution in [-0.4, -0.2) is 33.3 Å². The molecule has 12 heavy (non-hydrogen) atoms. The Morgan fingerprint density at radius 2 is 2.08 bits per heavy atom. The summed E-state index contributed by atoms with van der Waals surface area (Å²) in [6, 6.07) is 0. The predicted molar refractivity (Wildman–Crippen MR) is 51.6 cm³/mol. The molecule has 72 valence electrons. The Bertz CT molecular complexity index is 152. The molecule has 4 N–H and O–H groups in total. The van der Waals surface area contributed by atoms with Gasteiger partial charge in [-0.15, -0.1) is 0 Å². The molecule has 0 fully saturated rings. The van der Waals surface area contributed by atoms with Gasteiger partial charge in [-0.2, -0.15) is 11.8 Å². The third-order valence-electron chi connectivity index (χ3n) is 1.35. The second-order valence-corrected chi connectivity index (χ2v) is 4.62. The summed E-state index contributed by atoms with van der Waals surface area (Å²) in [5.41, 5.74) is 5.32. The third kappa shape index (κ3) is 5.26. The van der Waals surface area contributed by atoms with E-state index in [0.717, 1.165) is 0 Å². The van der Waals surface area contributed by atoms with Gasteiger partial charge in [0.2, 0.25) is 0 Å². The highest BCUT2D eigenvalue weighted by molar-refractivity contribution is 8.00. The van der Waals surface area contributed by atoms with E-state index in [1.54, 1.807) is 11.8 Å². The largest absolute Gasteiger partial charge is 0.409 e. The molecule has 0 saturated heterocycles. The van der Waals surface area contributed by atoms with Gasteiger partial charge < -0.3 is 16.0 Å². The summed E-state index contributed by atoms with van der Waals surface area (Å²) in [5.74, 6) is 0.236. The lowest BCUT2D eigenvalue weighted by Crippen LogP contribution is -2.18. The zero-order valence-electron chi connectivity index (χ0n) is 7.40. The molecule has 2 atom stereocenters. The number of oxime groups is 1. The highest BCUT2D eigenvalue weighted by Gasteiger charge is 2.09. The SMILES string of the molecule is CC(CO)SC(C)CC(N)=NO. The summed E-state index contributed by atoms with van der Waals surface area (Å²) in [4.78, 5) is 0. The molecule has 5 heteroatoms. The Hall–Kier alpha value is -0.420. The van der Waals surface area contributed by atoms with E-state index >= 15 is 0 Å². The molecule has 0 heterocycles. The van der Waals surface area contributed by atoms with E-state index in [1.807, 2.05) is 13.8 Å². The van der Waals surface area contributed by atoms with Crippen molar-refractivity contribution in [2.45, 2.75) is 30.8 Å². The lowest BCUT2D eigenvalue weighted by molar-refractivity contribution is 0.300. The summed E-state index contributed by atoms with van der Waals surface area (Å²) in [6.45, 7) is 4.08. The van der Waals surface area contributed by atoms with E-state index in [-0.39, 0.29) is 22.9 Å². The standard InChI is InChI=1S/C7H16N2O2S/c1-5(3-7(8)9-11)12-6(2)4-10/h5-6,10-11H,3-4H2,1-2H3,(H2,8,9). The van der Waals surface area contributed by atoms with Gasteiger partial charge >= 0.3 is 0 Å². The van der Waals surface area contributed by atoms with Gasteiger partial charge in [-0.05, 0) is 0 Å². The van der Waals surface area contributed by atoms with Crippen LogP contribution >= 0.6 is 11.8 Å². The molecule has 0 aromatic heterocycles. The fourth-order valence-electron chi connectivity index (χ4n) is 0.823. The van der Waals surface area contributed by atoms with Crippen molar-refractivity contribution in [3.63, 3.8) is 0 Å². The molecule has 0 spiro atoms. The van der Waals surface area contributed by atoms with Gasteiger partial charge in [0.15, 0.2) is 0 Å². The van der Waals surface area contributed by atoms with E-state index in [4.69, 9.17) is 16.0 Å². The molecule has 0 amide bonds. The minimum Gasteiger partial charge on any atom is -0.409 e. The Labute approximate surface area is 76.8 Å². The molecule has 0 aliphatic heterocycles. The quantitative estimate of drug-likeness (QED) is 0.258. The molecule has 0 bridgehead atoms. The van der Waals surface area contributed by atoms with Crippen LogP contribution in [0.15, 0.2) is 5.16 Å².